The zero-order chi connectivity index (χ0) is 16.4. The van der Waals surface area contributed by atoms with Gasteiger partial charge in [0, 0.05) is 11.8 Å². The number of hydrogen-bond acceptors (Lipinski definition) is 5. The van der Waals surface area contributed by atoms with Crippen molar-refractivity contribution in [2.24, 2.45) is 0 Å². The number of furan rings is 1. The van der Waals surface area contributed by atoms with Gasteiger partial charge >= 0.3 is 0 Å². The van der Waals surface area contributed by atoms with E-state index in [2.05, 4.69) is 5.32 Å². The highest BCUT2D eigenvalue weighted by Gasteiger charge is 2.24. The van der Waals surface area contributed by atoms with Gasteiger partial charge in [0.15, 0.2) is 5.76 Å². The molecule has 7 heteroatoms. The maximum atomic E-state index is 12.3. The summed E-state index contributed by atoms with van der Waals surface area (Å²) in [5.41, 5.74) is 0.910. The van der Waals surface area contributed by atoms with Crippen LogP contribution in [0, 0.1) is 0 Å². The first-order chi connectivity index (χ1) is 10.9. The molecule has 0 saturated carbocycles. The van der Waals surface area contributed by atoms with Crippen molar-refractivity contribution in [2.75, 3.05) is 12.9 Å². The Morgan fingerprint density at radius 3 is 2.74 bits per heavy atom. The van der Waals surface area contributed by atoms with Gasteiger partial charge in [0.05, 0.1) is 12.6 Å². The zero-order valence-corrected chi connectivity index (χ0v) is 13.4. The van der Waals surface area contributed by atoms with Crippen molar-refractivity contribution in [3.63, 3.8) is 0 Å². The van der Waals surface area contributed by atoms with E-state index in [1.165, 1.54) is 12.1 Å². The third-order valence-corrected chi connectivity index (χ3v) is 4.62. The van der Waals surface area contributed by atoms with Crippen molar-refractivity contribution in [1.29, 1.82) is 0 Å². The molecule has 3 rings (SSSR count). The van der Waals surface area contributed by atoms with E-state index in [-0.39, 0.29) is 16.9 Å². The standard InChI is InChI=1S/C16H17NO5S/c1-23(19,20)15-9-8-14(22-15)16(18)17-12-6-4-10-21-13-7-3-2-5-11(12)13/h2-3,5,7-9,12H,4,6,10H2,1H3,(H,17,18). The zero-order valence-electron chi connectivity index (χ0n) is 12.6. The molecular weight excluding hydrogens is 318 g/mol. The Hall–Kier alpha value is -2.28. The van der Waals surface area contributed by atoms with Gasteiger partial charge in [-0.2, -0.15) is 0 Å². The molecular formula is C16H17NO5S. The Morgan fingerprint density at radius 2 is 2.00 bits per heavy atom. The summed E-state index contributed by atoms with van der Waals surface area (Å²) in [4.78, 5) is 12.3. The first-order valence-electron chi connectivity index (χ1n) is 7.27. The third-order valence-electron chi connectivity index (χ3n) is 3.67. The first kappa shape index (κ1) is 15.6. The van der Waals surface area contributed by atoms with E-state index in [0.717, 1.165) is 30.4 Å². The molecule has 0 radical (unpaired) electrons. The average Bonchev–Trinajstić information content (AvgIpc) is 2.93. The van der Waals surface area contributed by atoms with Crippen LogP contribution in [0.2, 0.25) is 0 Å². The van der Waals surface area contributed by atoms with Crippen molar-refractivity contribution >= 4 is 15.7 Å². The second-order valence-electron chi connectivity index (χ2n) is 5.45. The molecule has 1 amide bonds. The number of ether oxygens (including phenoxy) is 1. The Labute approximate surface area is 134 Å². The maximum Gasteiger partial charge on any atom is 0.287 e. The van der Waals surface area contributed by atoms with Crippen molar-refractivity contribution in [2.45, 2.75) is 24.0 Å². The molecule has 122 valence electrons. The molecule has 1 unspecified atom stereocenters. The van der Waals surface area contributed by atoms with Crippen LogP contribution in [0.25, 0.3) is 0 Å². The number of carbonyl (C=O) groups excluding carboxylic acids is 1. The summed E-state index contributed by atoms with van der Waals surface area (Å²) in [6.07, 6.45) is 2.58. The largest absolute Gasteiger partial charge is 0.493 e. The van der Waals surface area contributed by atoms with Crippen LogP contribution < -0.4 is 10.1 Å². The van der Waals surface area contributed by atoms with E-state index in [4.69, 9.17) is 9.15 Å². The lowest BCUT2D eigenvalue weighted by Gasteiger charge is -2.17. The van der Waals surface area contributed by atoms with Crippen LogP contribution >= 0.6 is 0 Å². The molecule has 0 aliphatic carbocycles. The van der Waals surface area contributed by atoms with Crippen LogP contribution in [0.3, 0.4) is 0 Å². The Bertz CT molecular complexity index is 825. The van der Waals surface area contributed by atoms with Gasteiger partial charge in [-0.05, 0) is 31.0 Å². The predicted molar refractivity (Wildman–Crippen MR) is 83.2 cm³/mol. The van der Waals surface area contributed by atoms with Gasteiger partial charge in [-0.25, -0.2) is 8.42 Å². The quantitative estimate of drug-likeness (QED) is 0.930. The molecule has 0 spiro atoms. The number of amides is 1. The van der Waals surface area contributed by atoms with E-state index in [1.807, 2.05) is 24.3 Å². The van der Waals surface area contributed by atoms with Gasteiger partial charge in [-0.3, -0.25) is 4.79 Å². The number of hydrogen-bond donors (Lipinski definition) is 1. The van der Waals surface area contributed by atoms with E-state index in [1.54, 1.807) is 0 Å². The van der Waals surface area contributed by atoms with Crippen LogP contribution in [-0.4, -0.2) is 27.2 Å². The Kier molecular flexibility index (Phi) is 4.12. The molecule has 1 aliphatic heterocycles. The lowest BCUT2D eigenvalue weighted by molar-refractivity contribution is 0.0901. The number of nitrogens with one attached hydrogen (secondary N) is 1. The molecule has 1 aromatic heterocycles. The monoisotopic (exact) mass is 335 g/mol. The average molecular weight is 335 g/mol. The topological polar surface area (TPSA) is 85.6 Å². The maximum absolute atomic E-state index is 12.3. The highest BCUT2D eigenvalue weighted by atomic mass is 32.2. The molecule has 0 fully saturated rings. The predicted octanol–water partition coefficient (Wildman–Crippen LogP) is 2.33. The minimum atomic E-state index is -3.47. The van der Waals surface area contributed by atoms with Gasteiger partial charge in [0.1, 0.15) is 5.75 Å². The molecule has 1 aliphatic rings. The third kappa shape index (κ3) is 3.39. The molecule has 2 aromatic rings. The van der Waals surface area contributed by atoms with Crippen LogP contribution in [0.4, 0.5) is 0 Å². The fourth-order valence-electron chi connectivity index (χ4n) is 2.55. The van der Waals surface area contributed by atoms with Crippen LogP contribution in [-0.2, 0) is 9.84 Å². The number of sulfone groups is 1. The fourth-order valence-corrected chi connectivity index (χ4v) is 3.10. The summed E-state index contributed by atoms with van der Waals surface area (Å²) >= 11 is 0. The van der Waals surface area contributed by atoms with Crippen molar-refractivity contribution in [1.82, 2.24) is 5.32 Å². The molecule has 6 nitrogen and oxygen atoms in total. The van der Waals surface area contributed by atoms with Gasteiger partial charge in [0.2, 0.25) is 14.9 Å². The molecule has 1 aromatic carbocycles. The van der Waals surface area contributed by atoms with E-state index < -0.39 is 15.7 Å². The van der Waals surface area contributed by atoms with Crippen molar-refractivity contribution in [3.8, 4) is 5.75 Å². The number of fused-ring (bicyclic) bond motifs is 1. The van der Waals surface area contributed by atoms with Crippen molar-refractivity contribution < 1.29 is 22.4 Å². The highest BCUT2D eigenvalue weighted by molar-refractivity contribution is 7.90. The summed E-state index contributed by atoms with van der Waals surface area (Å²) in [6, 6.07) is 10.0. The number of benzene rings is 1. The smallest absolute Gasteiger partial charge is 0.287 e. The summed E-state index contributed by atoms with van der Waals surface area (Å²) in [5.74, 6) is 0.293. The Morgan fingerprint density at radius 1 is 1.22 bits per heavy atom. The van der Waals surface area contributed by atoms with Crippen LogP contribution in [0.1, 0.15) is 35.0 Å². The second kappa shape index (κ2) is 6.08. The van der Waals surface area contributed by atoms with Gasteiger partial charge < -0.3 is 14.5 Å². The highest BCUT2D eigenvalue weighted by Crippen LogP contribution is 2.31. The lowest BCUT2D eigenvalue weighted by atomic mass is 10.0. The summed E-state index contributed by atoms with van der Waals surface area (Å²) in [7, 11) is -3.47. The van der Waals surface area contributed by atoms with Crippen molar-refractivity contribution in [3.05, 3.63) is 47.7 Å². The molecule has 1 atom stereocenters. The summed E-state index contributed by atoms with van der Waals surface area (Å²) < 4.78 is 33.7. The number of carbonyl (C=O) groups is 1. The second-order valence-corrected chi connectivity index (χ2v) is 7.39. The molecule has 0 saturated heterocycles. The van der Waals surface area contributed by atoms with Crippen LogP contribution in [0.5, 0.6) is 5.75 Å². The summed E-state index contributed by atoms with van der Waals surface area (Å²) in [5, 5.41) is 2.67. The minimum absolute atomic E-state index is 0.0203. The molecule has 23 heavy (non-hydrogen) atoms. The van der Waals surface area contributed by atoms with E-state index in [0.29, 0.717) is 6.61 Å². The normalized spacial score (nSPS) is 17.7. The molecule has 2 heterocycles. The van der Waals surface area contributed by atoms with Gasteiger partial charge in [-0.15, -0.1) is 0 Å². The fraction of sp³-hybridized carbons (Fsp3) is 0.312. The lowest BCUT2D eigenvalue weighted by Crippen LogP contribution is -2.28. The number of para-hydroxylation sites is 1. The minimum Gasteiger partial charge on any atom is -0.493 e. The first-order valence-corrected chi connectivity index (χ1v) is 9.17. The Balaban J connectivity index is 1.81. The SMILES string of the molecule is CS(=O)(=O)c1ccc(C(=O)NC2CCCOc3ccccc32)o1. The molecule has 0 bridgehead atoms. The van der Waals surface area contributed by atoms with E-state index >= 15 is 0 Å². The van der Waals surface area contributed by atoms with Gasteiger partial charge in [-0.1, -0.05) is 18.2 Å². The summed E-state index contributed by atoms with van der Waals surface area (Å²) in [6.45, 7) is 0.600. The molecule has 1 N–H and O–H groups in total. The van der Waals surface area contributed by atoms with Gasteiger partial charge in [0.25, 0.3) is 5.91 Å². The number of rotatable bonds is 3. The van der Waals surface area contributed by atoms with E-state index in [9.17, 15) is 13.2 Å². The van der Waals surface area contributed by atoms with Crippen LogP contribution in [0.15, 0.2) is 45.9 Å².